The molecule has 3 aromatic rings. The average molecular weight is 367 g/mol. The van der Waals surface area contributed by atoms with E-state index >= 15 is 0 Å². The summed E-state index contributed by atoms with van der Waals surface area (Å²) in [6.07, 6.45) is 1.55. The molecule has 0 aliphatic heterocycles. The number of hydrogen-bond acceptors (Lipinski definition) is 4. The first-order valence-corrected chi connectivity index (χ1v) is 8.54. The summed E-state index contributed by atoms with van der Waals surface area (Å²) in [6, 6.07) is 13.0. The number of nitrogens with one attached hydrogen (secondary N) is 2. The molecule has 0 aliphatic carbocycles. The highest BCUT2D eigenvalue weighted by molar-refractivity contribution is 6.30. The molecule has 0 bridgehead atoms. The van der Waals surface area contributed by atoms with Crippen LogP contribution in [0.2, 0.25) is 5.02 Å². The minimum absolute atomic E-state index is 0.284. The highest BCUT2D eigenvalue weighted by atomic mass is 35.5. The lowest BCUT2D eigenvalue weighted by molar-refractivity contribution is 0.102. The van der Waals surface area contributed by atoms with Crippen LogP contribution in [0.1, 0.15) is 27.2 Å². The number of carbonyl (C=O) groups is 1. The number of hydrogen-bond donors (Lipinski definition) is 2. The summed E-state index contributed by atoms with van der Waals surface area (Å²) in [5.41, 5.74) is 5.00. The van der Waals surface area contributed by atoms with E-state index in [1.54, 1.807) is 18.3 Å². The SMILES string of the molecule is Cc1cc(C)cc(NC(=O)c2ccnc(Nc3ccc(Cl)cc3C)n2)c1. The smallest absolute Gasteiger partial charge is 0.274 e. The second kappa shape index (κ2) is 7.54. The number of carbonyl (C=O) groups excluding carboxylic acids is 1. The molecule has 0 saturated heterocycles. The molecule has 132 valence electrons. The predicted molar refractivity (Wildman–Crippen MR) is 105 cm³/mol. The van der Waals surface area contributed by atoms with Crippen LogP contribution in [0.15, 0.2) is 48.7 Å². The Bertz CT molecular complexity index is 952. The number of amides is 1. The standard InChI is InChI=1S/C20H19ClN4O/c1-12-8-13(2)10-16(9-12)23-19(26)18-6-7-22-20(25-18)24-17-5-4-15(21)11-14(17)3/h4-11H,1-3H3,(H,23,26)(H,22,24,25). The molecule has 1 amide bonds. The summed E-state index contributed by atoms with van der Waals surface area (Å²) >= 11 is 5.97. The molecule has 2 aromatic carbocycles. The van der Waals surface area contributed by atoms with E-state index in [0.29, 0.717) is 11.0 Å². The summed E-state index contributed by atoms with van der Waals surface area (Å²) in [5.74, 6) is 0.0665. The molecular formula is C20H19ClN4O. The molecular weight excluding hydrogens is 348 g/mol. The van der Waals surface area contributed by atoms with Gasteiger partial charge in [-0.2, -0.15) is 0 Å². The lowest BCUT2D eigenvalue weighted by Crippen LogP contribution is -2.15. The Morgan fingerprint density at radius 2 is 1.73 bits per heavy atom. The van der Waals surface area contributed by atoms with Crippen LogP contribution in [0, 0.1) is 20.8 Å². The summed E-state index contributed by atoms with van der Waals surface area (Å²) < 4.78 is 0. The van der Waals surface area contributed by atoms with Gasteiger partial charge in [0.2, 0.25) is 5.95 Å². The van der Waals surface area contributed by atoms with Crippen molar-refractivity contribution in [2.75, 3.05) is 10.6 Å². The number of aryl methyl sites for hydroxylation is 3. The van der Waals surface area contributed by atoms with E-state index in [0.717, 1.165) is 28.1 Å². The molecule has 1 heterocycles. The van der Waals surface area contributed by atoms with E-state index in [2.05, 4.69) is 26.7 Å². The number of benzene rings is 2. The molecule has 5 nitrogen and oxygen atoms in total. The number of nitrogens with zero attached hydrogens (tertiary/aromatic N) is 2. The van der Waals surface area contributed by atoms with Crippen LogP contribution in [0.25, 0.3) is 0 Å². The van der Waals surface area contributed by atoms with Gasteiger partial charge in [0.1, 0.15) is 5.69 Å². The summed E-state index contributed by atoms with van der Waals surface area (Å²) in [4.78, 5) is 21.0. The van der Waals surface area contributed by atoms with Gasteiger partial charge in [-0.05, 0) is 73.9 Å². The first kappa shape index (κ1) is 17.9. The van der Waals surface area contributed by atoms with Crippen molar-refractivity contribution in [3.8, 4) is 0 Å². The molecule has 0 saturated carbocycles. The second-order valence-corrected chi connectivity index (χ2v) is 6.62. The molecule has 6 heteroatoms. The van der Waals surface area contributed by atoms with Crippen molar-refractivity contribution in [2.45, 2.75) is 20.8 Å². The van der Waals surface area contributed by atoms with Gasteiger partial charge in [0.05, 0.1) is 0 Å². The molecule has 0 aliphatic rings. The molecule has 0 spiro atoms. The number of rotatable bonds is 4. The van der Waals surface area contributed by atoms with Crippen LogP contribution in [0.4, 0.5) is 17.3 Å². The monoisotopic (exact) mass is 366 g/mol. The van der Waals surface area contributed by atoms with Gasteiger partial charge in [-0.1, -0.05) is 17.7 Å². The molecule has 1 aromatic heterocycles. The summed E-state index contributed by atoms with van der Waals surface area (Å²) in [7, 11) is 0. The van der Waals surface area contributed by atoms with Gasteiger partial charge in [-0.15, -0.1) is 0 Å². The van der Waals surface area contributed by atoms with Crippen molar-refractivity contribution in [1.82, 2.24) is 9.97 Å². The van der Waals surface area contributed by atoms with Crippen LogP contribution >= 0.6 is 11.6 Å². The zero-order valence-corrected chi connectivity index (χ0v) is 15.6. The van der Waals surface area contributed by atoms with E-state index in [4.69, 9.17) is 11.6 Å². The summed E-state index contributed by atoms with van der Waals surface area (Å²) in [6.45, 7) is 5.92. The highest BCUT2D eigenvalue weighted by Gasteiger charge is 2.10. The van der Waals surface area contributed by atoms with Gasteiger partial charge in [0, 0.05) is 22.6 Å². The third kappa shape index (κ3) is 4.37. The summed E-state index contributed by atoms with van der Waals surface area (Å²) in [5, 5.41) is 6.65. The Balaban J connectivity index is 1.78. The maximum absolute atomic E-state index is 12.5. The first-order valence-electron chi connectivity index (χ1n) is 8.16. The number of anilines is 3. The van der Waals surface area contributed by atoms with Crippen molar-refractivity contribution < 1.29 is 4.79 Å². The first-order chi connectivity index (χ1) is 12.4. The number of aromatic nitrogens is 2. The third-order valence-electron chi connectivity index (χ3n) is 3.80. The zero-order valence-electron chi connectivity index (χ0n) is 14.8. The molecule has 26 heavy (non-hydrogen) atoms. The van der Waals surface area contributed by atoms with Crippen molar-refractivity contribution in [2.24, 2.45) is 0 Å². The van der Waals surface area contributed by atoms with Crippen LogP contribution < -0.4 is 10.6 Å². The molecule has 0 radical (unpaired) electrons. The van der Waals surface area contributed by atoms with E-state index in [1.165, 1.54) is 0 Å². The van der Waals surface area contributed by atoms with Crippen LogP contribution in [0.5, 0.6) is 0 Å². The van der Waals surface area contributed by atoms with Gasteiger partial charge in [-0.3, -0.25) is 4.79 Å². The van der Waals surface area contributed by atoms with Crippen molar-refractivity contribution in [1.29, 1.82) is 0 Å². The van der Waals surface area contributed by atoms with Gasteiger partial charge in [0.25, 0.3) is 5.91 Å². The predicted octanol–water partition coefficient (Wildman–Crippen LogP) is 5.05. The topological polar surface area (TPSA) is 66.9 Å². The van der Waals surface area contributed by atoms with Gasteiger partial charge in [0.15, 0.2) is 0 Å². The van der Waals surface area contributed by atoms with E-state index < -0.39 is 0 Å². The lowest BCUT2D eigenvalue weighted by Gasteiger charge is -2.10. The van der Waals surface area contributed by atoms with E-state index in [1.807, 2.05) is 45.0 Å². The van der Waals surface area contributed by atoms with Crippen molar-refractivity contribution in [3.63, 3.8) is 0 Å². The van der Waals surface area contributed by atoms with Gasteiger partial charge < -0.3 is 10.6 Å². The molecule has 3 rings (SSSR count). The molecule has 0 atom stereocenters. The van der Waals surface area contributed by atoms with Crippen molar-refractivity contribution >= 4 is 34.8 Å². The Hall–Kier alpha value is -2.92. The van der Waals surface area contributed by atoms with Gasteiger partial charge in [-0.25, -0.2) is 9.97 Å². The van der Waals surface area contributed by atoms with Crippen molar-refractivity contribution in [3.05, 3.63) is 76.1 Å². The van der Waals surface area contributed by atoms with Crippen LogP contribution in [-0.2, 0) is 0 Å². The van der Waals surface area contributed by atoms with E-state index in [9.17, 15) is 4.79 Å². The largest absolute Gasteiger partial charge is 0.324 e. The zero-order chi connectivity index (χ0) is 18.7. The minimum Gasteiger partial charge on any atom is -0.324 e. The normalized spacial score (nSPS) is 10.5. The number of halogens is 1. The maximum atomic E-state index is 12.5. The fraction of sp³-hybridized carbons (Fsp3) is 0.150. The fourth-order valence-electron chi connectivity index (χ4n) is 2.68. The minimum atomic E-state index is -0.284. The fourth-order valence-corrected chi connectivity index (χ4v) is 2.90. The van der Waals surface area contributed by atoms with Gasteiger partial charge >= 0.3 is 0 Å². The van der Waals surface area contributed by atoms with Crippen LogP contribution in [-0.4, -0.2) is 15.9 Å². The second-order valence-electron chi connectivity index (χ2n) is 6.18. The highest BCUT2D eigenvalue weighted by Crippen LogP contribution is 2.22. The third-order valence-corrected chi connectivity index (χ3v) is 4.04. The molecule has 2 N–H and O–H groups in total. The Morgan fingerprint density at radius 3 is 2.42 bits per heavy atom. The Labute approximate surface area is 157 Å². The van der Waals surface area contributed by atoms with E-state index in [-0.39, 0.29) is 11.6 Å². The molecule has 0 fully saturated rings. The molecule has 0 unspecified atom stereocenters. The quantitative estimate of drug-likeness (QED) is 0.678. The Kier molecular flexibility index (Phi) is 5.19. The average Bonchev–Trinajstić information content (AvgIpc) is 2.57. The Morgan fingerprint density at radius 1 is 1.00 bits per heavy atom. The van der Waals surface area contributed by atoms with Crippen LogP contribution in [0.3, 0.4) is 0 Å². The lowest BCUT2D eigenvalue weighted by atomic mass is 10.1. The maximum Gasteiger partial charge on any atom is 0.274 e.